The van der Waals surface area contributed by atoms with Gasteiger partial charge in [-0.05, 0) is 42.7 Å². The maximum atomic E-state index is 12.7. The first-order chi connectivity index (χ1) is 14.0. The van der Waals surface area contributed by atoms with E-state index in [-0.39, 0.29) is 17.7 Å². The van der Waals surface area contributed by atoms with E-state index in [9.17, 15) is 4.79 Å². The summed E-state index contributed by atoms with van der Waals surface area (Å²) in [6.45, 7) is 6.21. The normalized spacial score (nSPS) is 17.1. The first kappa shape index (κ1) is 19.6. The van der Waals surface area contributed by atoms with E-state index in [0.717, 1.165) is 42.2 Å². The molecule has 1 aliphatic rings. The molecule has 1 aliphatic heterocycles. The summed E-state index contributed by atoms with van der Waals surface area (Å²) in [5.74, 6) is 1.96. The van der Waals surface area contributed by atoms with Crippen molar-refractivity contribution in [3.05, 3.63) is 52.8 Å². The van der Waals surface area contributed by atoms with Crippen molar-refractivity contribution in [3.63, 3.8) is 0 Å². The van der Waals surface area contributed by atoms with E-state index in [0.29, 0.717) is 18.1 Å². The zero-order valence-corrected chi connectivity index (χ0v) is 17.4. The number of amides is 1. The lowest BCUT2D eigenvalue weighted by Gasteiger charge is -2.32. The molecule has 3 aromatic rings. The molecule has 1 N–H and O–H groups in total. The SMILES string of the molecule is CC(C)c1nnc2ccc(N3CCC[C@H](C(=O)NCc4ccc(Cl)cc4)C3)nn12. The van der Waals surface area contributed by atoms with Crippen molar-refractivity contribution in [1.82, 2.24) is 25.1 Å². The van der Waals surface area contributed by atoms with Crippen molar-refractivity contribution in [2.45, 2.75) is 39.2 Å². The number of fused-ring (bicyclic) bond motifs is 1. The van der Waals surface area contributed by atoms with Crippen molar-refractivity contribution in [3.8, 4) is 0 Å². The van der Waals surface area contributed by atoms with Gasteiger partial charge in [0, 0.05) is 30.6 Å². The predicted molar refractivity (Wildman–Crippen MR) is 113 cm³/mol. The van der Waals surface area contributed by atoms with Gasteiger partial charge < -0.3 is 10.2 Å². The highest BCUT2D eigenvalue weighted by molar-refractivity contribution is 6.30. The van der Waals surface area contributed by atoms with Crippen molar-refractivity contribution in [2.24, 2.45) is 5.92 Å². The van der Waals surface area contributed by atoms with Crippen LogP contribution in [-0.4, -0.2) is 38.8 Å². The van der Waals surface area contributed by atoms with Gasteiger partial charge in [0.1, 0.15) is 5.82 Å². The van der Waals surface area contributed by atoms with Gasteiger partial charge in [-0.2, -0.15) is 4.52 Å². The van der Waals surface area contributed by atoms with E-state index in [1.165, 1.54) is 0 Å². The third-order valence-electron chi connectivity index (χ3n) is 5.29. The molecule has 2 aromatic heterocycles. The van der Waals surface area contributed by atoms with E-state index in [4.69, 9.17) is 16.7 Å². The van der Waals surface area contributed by atoms with Crippen LogP contribution in [0.1, 0.15) is 44.0 Å². The molecule has 0 unspecified atom stereocenters. The summed E-state index contributed by atoms with van der Waals surface area (Å²) in [5, 5.41) is 16.9. The standard InChI is InChI=1S/C21H25ClN6O/c1-14(2)20-25-24-18-9-10-19(26-28(18)20)27-11-3-4-16(13-27)21(29)23-12-15-5-7-17(22)8-6-15/h5-10,14,16H,3-4,11-13H2,1-2H3,(H,23,29)/t16-/m0/s1. The number of carbonyl (C=O) groups excluding carboxylic acids is 1. The average molecular weight is 413 g/mol. The largest absolute Gasteiger partial charge is 0.354 e. The van der Waals surface area contributed by atoms with Crippen LogP contribution in [0.5, 0.6) is 0 Å². The summed E-state index contributed by atoms with van der Waals surface area (Å²) in [6, 6.07) is 11.4. The molecular formula is C21H25ClN6O. The average Bonchev–Trinajstić information content (AvgIpc) is 3.17. The highest BCUT2D eigenvalue weighted by Gasteiger charge is 2.27. The van der Waals surface area contributed by atoms with E-state index in [2.05, 4.69) is 34.3 Å². The first-order valence-corrected chi connectivity index (χ1v) is 10.4. The number of nitrogens with zero attached hydrogens (tertiary/aromatic N) is 5. The molecule has 1 fully saturated rings. The smallest absolute Gasteiger partial charge is 0.225 e. The molecular weight excluding hydrogens is 388 g/mol. The van der Waals surface area contributed by atoms with Crippen LogP contribution in [0.25, 0.3) is 5.65 Å². The van der Waals surface area contributed by atoms with Crippen molar-refractivity contribution >= 4 is 29.0 Å². The number of benzene rings is 1. The zero-order chi connectivity index (χ0) is 20.4. The van der Waals surface area contributed by atoms with Crippen LogP contribution >= 0.6 is 11.6 Å². The molecule has 3 heterocycles. The second-order valence-corrected chi connectivity index (χ2v) is 8.24. The number of hydrogen-bond acceptors (Lipinski definition) is 5. The summed E-state index contributed by atoms with van der Waals surface area (Å²) in [6.07, 6.45) is 1.84. The van der Waals surface area contributed by atoms with E-state index in [1.54, 1.807) is 0 Å². The molecule has 1 amide bonds. The third-order valence-corrected chi connectivity index (χ3v) is 5.54. The summed E-state index contributed by atoms with van der Waals surface area (Å²) in [5.41, 5.74) is 1.78. The Labute approximate surface area is 175 Å². The second-order valence-electron chi connectivity index (χ2n) is 7.80. The fourth-order valence-corrected chi connectivity index (χ4v) is 3.79. The Morgan fingerprint density at radius 2 is 2.00 bits per heavy atom. The van der Waals surface area contributed by atoms with Gasteiger partial charge in [0.25, 0.3) is 0 Å². The number of rotatable bonds is 5. The summed E-state index contributed by atoms with van der Waals surface area (Å²) >= 11 is 5.92. The predicted octanol–water partition coefficient (Wildman–Crippen LogP) is 3.43. The minimum Gasteiger partial charge on any atom is -0.354 e. The Hall–Kier alpha value is -2.67. The highest BCUT2D eigenvalue weighted by Crippen LogP contribution is 2.23. The fraction of sp³-hybridized carbons (Fsp3) is 0.429. The van der Waals surface area contributed by atoms with Gasteiger partial charge in [-0.1, -0.05) is 37.6 Å². The molecule has 0 spiro atoms. The Morgan fingerprint density at radius 1 is 1.21 bits per heavy atom. The minimum atomic E-state index is -0.0565. The molecule has 4 rings (SSSR count). The third kappa shape index (κ3) is 4.34. The highest BCUT2D eigenvalue weighted by atomic mass is 35.5. The molecule has 1 saturated heterocycles. The number of hydrogen-bond donors (Lipinski definition) is 1. The van der Waals surface area contributed by atoms with E-state index in [1.807, 2.05) is 40.9 Å². The van der Waals surface area contributed by atoms with Crippen LogP contribution in [0.2, 0.25) is 5.02 Å². The summed E-state index contributed by atoms with van der Waals surface area (Å²) in [7, 11) is 0. The summed E-state index contributed by atoms with van der Waals surface area (Å²) in [4.78, 5) is 14.9. The Kier molecular flexibility index (Phi) is 5.67. The van der Waals surface area contributed by atoms with Crippen LogP contribution < -0.4 is 10.2 Å². The Morgan fingerprint density at radius 3 is 2.76 bits per heavy atom. The van der Waals surface area contributed by atoms with Crippen molar-refractivity contribution < 1.29 is 4.79 Å². The van der Waals surface area contributed by atoms with E-state index < -0.39 is 0 Å². The molecule has 29 heavy (non-hydrogen) atoms. The Balaban J connectivity index is 1.43. The molecule has 0 saturated carbocycles. The second kappa shape index (κ2) is 8.37. The zero-order valence-electron chi connectivity index (χ0n) is 16.7. The lowest BCUT2D eigenvalue weighted by Crippen LogP contribution is -2.43. The Bertz CT molecular complexity index is 1000. The van der Waals surface area contributed by atoms with Gasteiger partial charge in [-0.25, -0.2) is 0 Å². The van der Waals surface area contributed by atoms with Crippen LogP contribution in [0.3, 0.4) is 0 Å². The molecule has 0 aliphatic carbocycles. The minimum absolute atomic E-state index is 0.0565. The number of anilines is 1. The van der Waals surface area contributed by atoms with Crippen molar-refractivity contribution in [2.75, 3.05) is 18.0 Å². The van der Waals surface area contributed by atoms with Gasteiger partial charge in [0.2, 0.25) is 5.91 Å². The quantitative estimate of drug-likeness (QED) is 0.694. The lowest BCUT2D eigenvalue weighted by molar-refractivity contribution is -0.125. The number of aromatic nitrogens is 4. The van der Waals surface area contributed by atoms with E-state index >= 15 is 0 Å². The molecule has 0 bridgehead atoms. The van der Waals surface area contributed by atoms with Gasteiger partial charge in [-0.15, -0.1) is 15.3 Å². The van der Waals surface area contributed by atoms with Crippen molar-refractivity contribution in [1.29, 1.82) is 0 Å². The topological polar surface area (TPSA) is 75.4 Å². The summed E-state index contributed by atoms with van der Waals surface area (Å²) < 4.78 is 1.81. The van der Waals surface area contributed by atoms with Gasteiger partial charge in [0.15, 0.2) is 11.5 Å². The molecule has 0 radical (unpaired) electrons. The number of carbonyl (C=O) groups is 1. The van der Waals surface area contributed by atoms with Crippen LogP contribution in [0, 0.1) is 5.92 Å². The monoisotopic (exact) mass is 412 g/mol. The molecule has 8 heteroatoms. The maximum absolute atomic E-state index is 12.7. The molecule has 1 aromatic carbocycles. The fourth-order valence-electron chi connectivity index (χ4n) is 3.66. The molecule has 152 valence electrons. The van der Waals surface area contributed by atoms with Crippen LogP contribution in [-0.2, 0) is 11.3 Å². The number of halogens is 1. The van der Waals surface area contributed by atoms with Crippen LogP contribution in [0.4, 0.5) is 5.82 Å². The van der Waals surface area contributed by atoms with Gasteiger partial charge in [0.05, 0.1) is 5.92 Å². The maximum Gasteiger partial charge on any atom is 0.225 e. The van der Waals surface area contributed by atoms with Crippen LogP contribution in [0.15, 0.2) is 36.4 Å². The molecule has 7 nitrogen and oxygen atoms in total. The number of piperidine rings is 1. The first-order valence-electron chi connectivity index (χ1n) is 10.0. The van der Waals surface area contributed by atoms with Gasteiger partial charge in [-0.3, -0.25) is 4.79 Å². The molecule has 1 atom stereocenters. The number of nitrogens with one attached hydrogen (secondary N) is 1. The van der Waals surface area contributed by atoms with Gasteiger partial charge >= 0.3 is 0 Å². The lowest BCUT2D eigenvalue weighted by atomic mass is 9.97.